The van der Waals surface area contributed by atoms with Crippen LogP contribution in [0.3, 0.4) is 0 Å². The Morgan fingerprint density at radius 1 is 1.12 bits per heavy atom. The lowest BCUT2D eigenvalue weighted by Gasteiger charge is -2.13. The summed E-state index contributed by atoms with van der Waals surface area (Å²) in [4.78, 5) is 0. The van der Waals surface area contributed by atoms with Crippen LogP contribution in [0.15, 0.2) is 48.7 Å². The van der Waals surface area contributed by atoms with Gasteiger partial charge in [0.15, 0.2) is 0 Å². The van der Waals surface area contributed by atoms with E-state index in [1.807, 2.05) is 18.2 Å². The second-order valence-electron chi connectivity index (χ2n) is 3.73. The molecule has 3 nitrogen and oxygen atoms in total. The van der Waals surface area contributed by atoms with Crippen LogP contribution in [0.2, 0.25) is 0 Å². The van der Waals surface area contributed by atoms with Gasteiger partial charge in [0.1, 0.15) is 0 Å². The summed E-state index contributed by atoms with van der Waals surface area (Å²) in [7, 11) is 0. The van der Waals surface area contributed by atoms with Crippen molar-refractivity contribution in [2.24, 2.45) is 0 Å². The summed E-state index contributed by atoms with van der Waals surface area (Å²) in [6.45, 7) is 2.88. The van der Waals surface area contributed by atoms with E-state index in [-0.39, 0.29) is 0 Å². The summed E-state index contributed by atoms with van der Waals surface area (Å²) in [5, 5.41) is 11.3. The molecule has 0 fully saturated rings. The molecule has 16 heavy (non-hydrogen) atoms. The first kappa shape index (κ1) is 10.8. The van der Waals surface area contributed by atoms with Crippen LogP contribution in [-0.4, -0.2) is 10.2 Å². The summed E-state index contributed by atoms with van der Waals surface area (Å²) in [5.41, 5.74) is 2.25. The minimum Gasteiger partial charge on any atom is -0.304 e. The van der Waals surface area contributed by atoms with Gasteiger partial charge in [0, 0.05) is 18.8 Å². The molecule has 0 saturated carbocycles. The molecule has 1 unspecified atom stereocenters. The van der Waals surface area contributed by atoms with E-state index >= 15 is 0 Å². The first-order valence-corrected chi connectivity index (χ1v) is 5.41. The van der Waals surface area contributed by atoms with Crippen LogP contribution in [0.4, 0.5) is 0 Å². The van der Waals surface area contributed by atoms with Crippen LogP contribution in [0.25, 0.3) is 0 Å². The van der Waals surface area contributed by atoms with Gasteiger partial charge in [-0.1, -0.05) is 30.3 Å². The standard InChI is InChI=1S/C13H15N3/c1-11(12-6-3-2-4-7-12)14-10-13-8-5-9-15-16-13/h2-9,11,14H,10H2,1H3. The normalized spacial score (nSPS) is 12.3. The van der Waals surface area contributed by atoms with Crippen molar-refractivity contribution in [2.45, 2.75) is 19.5 Å². The van der Waals surface area contributed by atoms with Gasteiger partial charge in [-0.2, -0.15) is 10.2 Å². The fourth-order valence-electron chi connectivity index (χ4n) is 1.54. The van der Waals surface area contributed by atoms with Crippen LogP contribution < -0.4 is 5.32 Å². The first-order chi connectivity index (χ1) is 7.86. The highest BCUT2D eigenvalue weighted by Crippen LogP contribution is 2.11. The Bertz CT molecular complexity index is 414. The number of rotatable bonds is 4. The molecule has 1 atom stereocenters. The van der Waals surface area contributed by atoms with Crippen molar-refractivity contribution in [3.63, 3.8) is 0 Å². The summed E-state index contributed by atoms with van der Waals surface area (Å²) in [5.74, 6) is 0. The molecule has 2 aromatic rings. The zero-order valence-electron chi connectivity index (χ0n) is 9.30. The number of nitrogens with one attached hydrogen (secondary N) is 1. The third-order valence-corrected chi connectivity index (χ3v) is 2.52. The summed E-state index contributed by atoms with van der Waals surface area (Å²) < 4.78 is 0. The first-order valence-electron chi connectivity index (χ1n) is 5.41. The van der Waals surface area contributed by atoms with E-state index in [9.17, 15) is 0 Å². The van der Waals surface area contributed by atoms with Crippen LogP contribution >= 0.6 is 0 Å². The van der Waals surface area contributed by atoms with Gasteiger partial charge in [-0.15, -0.1) is 0 Å². The van der Waals surface area contributed by atoms with Gasteiger partial charge in [-0.25, -0.2) is 0 Å². The van der Waals surface area contributed by atoms with E-state index in [0.717, 1.165) is 12.2 Å². The van der Waals surface area contributed by atoms with Crippen molar-refractivity contribution in [3.05, 3.63) is 59.9 Å². The molecule has 1 aromatic carbocycles. The Hall–Kier alpha value is -1.74. The van der Waals surface area contributed by atoms with Gasteiger partial charge in [-0.05, 0) is 24.6 Å². The van der Waals surface area contributed by atoms with Crippen molar-refractivity contribution in [1.29, 1.82) is 0 Å². The zero-order chi connectivity index (χ0) is 11.2. The SMILES string of the molecule is CC(NCc1cccnn1)c1ccccc1. The Morgan fingerprint density at radius 3 is 2.62 bits per heavy atom. The Morgan fingerprint density at radius 2 is 1.94 bits per heavy atom. The maximum absolute atomic E-state index is 4.03. The van der Waals surface area contributed by atoms with Crippen LogP contribution in [0.1, 0.15) is 24.2 Å². The molecule has 0 aliphatic rings. The van der Waals surface area contributed by atoms with Gasteiger partial charge >= 0.3 is 0 Å². The second-order valence-corrected chi connectivity index (χ2v) is 3.73. The van der Waals surface area contributed by atoms with Crippen LogP contribution in [-0.2, 0) is 6.54 Å². The number of benzene rings is 1. The van der Waals surface area contributed by atoms with Crippen molar-refractivity contribution >= 4 is 0 Å². The summed E-state index contributed by atoms with van der Waals surface area (Å²) in [6, 6.07) is 14.6. The maximum Gasteiger partial charge on any atom is 0.0769 e. The van der Waals surface area contributed by atoms with Crippen molar-refractivity contribution in [1.82, 2.24) is 15.5 Å². The summed E-state index contributed by atoms with van der Waals surface area (Å²) in [6.07, 6.45) is 1.68. The molecule has 0 aliphatic carbocycles. The molecule has 2 rings (SSSR count). The highest BCUT2D eigenvalue weighted by atomic mass is 15.1. The van der Waals surface area contributed by atoms with Crippen molar-refractivity contribution in [3.8, 4) is 0 Å². The highest BCUT2D eigenvalue weighted by molar-refractivity contribution is 5.18. The van der Waals surface area contributed by atoms with Gasteiger partial charge in [0.25, 0.3) is 0 Å². The minimum absolute atomic E-state index is 0.322. The Balaban J connectivity index is 1.92. The summed E-state index contributed by atoms with van der Waals surface area (Å²) >= 11 is 0. The molecule has 0 spiro atoms. The molecule has 0 bridgehead atoms. The molecule has 3 heteroatoms. The lowest BCUT2D eigenvalue weighted by atomic mass is 10.1. The predicted octanol–water partition coefficient (Wildman–Crippen LogP) is 2.33. The third-order valence-electron chi connectivity index (χ3n) is 2.52. The molecular weight excluding hydrogens is 198 g/mol. The average Bonchev–Trinajstić information content (AvgIpc) is 2.38. The number of aromatic nitrogens is 2. The molecular formula is C13H15N3. The van der Waals surface area contributed by atoms with Gasteiger partial charge in [0.05, 0.1) is 5.69 Å². The predicted molar refractivity (Wildman–Crippen MR) is 63.7 cm³/mol. The van der Waals surface area contributed by atoms with Crippen LogP contribution in [0, 0.1) is 0 Å². The molecule has 1 aromatic heterocycles. The molecule has 0 saturated heterocycles. The minimum atomic E-state index is 0.322. The molecule has 0 amide bonds. The third kappa shape index (κ3) is 2.87. The van der Waals surface area contributed by atoms with E-state index in [1.165, 1.54) is 5.56 Å². The Labute approximate surface area is 95.5 Å². The highest BCUT2D eigenvalue weighted by Gasteiger charge is 2.03. The Kier molecular flexibility index (Phi) is 3.62. The van der Waals surface area contributed by atoms with E-state index in [2.05, 4.69) is 46.7 Å². The largest absolute Gasteiger partial charge is 0.304 e. The van der Waals surface area contributed by atoms with Crippen molar-refractivity contribution in [2.75, 3.05) is 0 Å². The monoisotopic (exact) mass is 213 g/mol. The smallest absolute Gasteiger partial charge is 0.0769 e. The lowest BCUT2D eigenvalue weighted by Crippen LogP contribution is -2.18. The second kappa shape index (κ2) is 5.37. The van der Waals surface area contributed by atoms with Gasteiger partial charge in [-0.3, -0.25) is 0 Å². The number of hydrogen-bond acceptors (Lipinski definition) is 3. The van der Waals surface area contributed by atoms with Gasteiger partial charge in [0.2, 0.25) is 0 Å². The van der Waals surface area contributed by atoms with E-state index in [4.69, 9.17) is 0 Å². The van der Waals surface area contributed by atoms with Crippen molar-refractivity contribution < 1.29 is 0 Å². The molecule has 1 heterocycles. The van der Waals surface area contributed by atoms with E-state index in [1.54, 1.807) is 6.20 Å². The number of nitrogens with zero attached hydrogens (tertiary/aromatic N) is 2. The lowest BCUT2D eigenvalue weighted by molar-refractivity contribution is 0.564. The molecule has 0 aliphatic heterocycles. The number of hydrogen-bond donors (Lipinski definition) is 1. The van der Waals surface area contributed by atoms with E-state index < -0.39 is 0 Å². The average molecular weight is 213 g/mol. The zero-order valence-corrected chi connectivity index (χ0v) is 9.30. The van der Waals surface area contributed by atoms with Gasteiger partial charge < -0.3 is 5.32 Å². The van der Waals surface area contributed by atoms with Crippen LogP contribution in [0.5, 0.6) is 0 Å². The van der Waals surface area contributed by atoms with E-state index in [0.29, 0.717) is 6.04 Å². The fraction of sp³-hybridized carbons (Fsp3) is 0.231. The fourth-order valence-corrected chi connectivity index (χ4v) is 1.54. The molecule has 1 N–H and O–H groups in total. The molecule has 0 radical (unpaired) electrons. The quantitative estimate of drug-likeness (QED) is 0.847. The maximum atomic E-state index is 4.03. The molecule has 82 valence electrons. The topological polar surface area (TPSA) is 37.8 Å².